The van der Waals surface area contributed by atoms with Crippen molar-refractivity contribution in [2.24, 2.45) is 0 Å². The molecule has 3 N–H and O–H groups in total. The normalized spacial score (nSPS) is 20.5. The number of carboxylic acid groups (broad SMARTS) is 1. The second kappa shape index (κ2) is 12.9. The Hall–Kier alpha value is -1.40. The molecule has 3 atom stereocenters. The molecule has 0 aromatic heterocycles. The summed E-state index contributed by atoms with van der Waals surface area (Å²) < 4.78 is 0. The Balaban J connectivity index is 2.37. The molecule has 1 amide bonds. The highest BCUT2D eigenvalue weighted by Crippen LogP contribution is 2.21. The van der Waals surface area contributed by atoms with Gasteiger partial charge in [-0.25, -0.2) is 0 Å². The van der Waals surface area contributed by atoms with Gasteiger partial charge in [0.05, 0.1) is 18.2 Å². The number of carboxylic acids is 1. The van der Waals surface area contributed by atoms with Gasteiger partial charge in [0.2, 0.25) is 5.91 Å². The van der Waals surface area contributed by atoms with Crippen molar-refractivity contribution < 1.29 is 24.9 Å². The first kappa shape index (κ1) is 22.6. The number of likely N-dealkylation sites (tertiary alicyclic amines) is 1. The van der Waals surface area contributed by atoms with Gasteiger partial charge in [0.15, 0.2) is 0 Å². The molecule has 0 aliphatic carbocycles. The number of carbonyl (C=O) groups excluding carboxylic acids is 1. The van der Waals surface area contributed by atoms with E-state index in [1.54, 1.807) is 13.0 Å². The maximum Gasteiger partial charge on any atom is 0.303 e. The van der Waals surface area contributed by atoms with Crippen LogP contribution in [0, 0.1) is 0 Å². The minimum atomic E-state index is -0.756. The van der Waals surface area contributed by atoms with Gasteiger partial charge in [0, 0.05) is 19.4 Å². The molecular formula is C20H35NO5. The molecule has 6 nitrogen and oxygen atoms in total. The molecule has 0 aromatic carbocycles. The minimum absolute atomic E-state index is 0.0432. The molecule has 1 fully saturated rings. The van der Waals surface area contributed by atoms with E-state index in [4.69, 9.17) is 5.11 Å². The average molecular weight is 370 g/mol. The maximum absolute atomic E-state index is 12.2. The van der Waals surface area contributed by atoms with E-state index in [0.717, 1.165) is 38.5 Å². The Morgan fingerprint density at radius 3 is 2.62 bits per heavy atom. The predicted octanol–water partition coefficient (Wildman–Crippen LogP) is 2.87. The van der Waals surface area contributed by atoms with Crippen molar-refractivity contribution in [2.45, 2.75) is 95.8 Å². The van der Waals surface area contributed by atoms with Crippen LogP contribution in [0.1, 0.15) is 77.6 Å². The van der Waals surface area contributed by atoms with Gasteiger partial charge in [-0.15, -0.1) is 0 Å². The van der Waals surface area contributed by atoms with Gasteiger partial charge in [-0.05, 0) is 51.9 Å². The van der Waals surface area contributed by atoms with Crippen molar-refractivity contribution in [3.8, 4) is 0 Å². The third-order valence-electron chi connectivity index (χ3n) is 4.83. The Labute approximate surface area is 156 Å². The number of hydrogen-bond donors (Lipinski definition) is 3. The number of hydrogen-bond acceptors (Lipinski definition) is 4. The first-order chi connectivity index (χ1) is 12.4. The van der Waals surface area contributed by atoms with E-state index in [9.17, 15) is 19.8 Å². The lowest BCUT2D eigenvalue weighted by atomic mass is 9.99. The van der Waals surface area contributed by atoms with Crippen LogP contribution in [0.3, 0.4) is 0 Å². The summed E-state index contributed by atoms with van der Waals surface area (Å²) in [5.41, 5.74) is 0. The summed E-state index contributed by atoms with van der Waals surface area (Å²) in [6, 6.07) is 0.0432. The summed E-state index contributed by atoms with van der Waals surface area (Å²) in [5, 5.41) is 27.9. The van der Waals surface area contributed by atoms with Gasteiger partial charge < -0.3 is 20.2 Å². The first-order valence-corrected chi connectivity index (χ1v) is 9.96. The van der Waals surface area contributed by atoms with Crippen molar-refractivity contribution in [2.75, 3.05) is 6.54 Å². The predicted molar refractivity (Wildman–Crippen MR) is 101 cm³/mol. The summed E-state index contributed by atoms with van der Waals surface area (Å²) in [4.78, 5) is 24.6. The second-order valence-corrected chi connectivity index (χ2v) is 7.34. The van der Waals surface area contributed by atoms with Gasteiger partial charge in [0.25, 0.3) is 0 Å². The maximum atomic E-state index is 12.2. The number of aliphatic hydroxyl groups is 2. The number of piperidine rings is 1. The zero-order chi connectivity index (χ0) is 19.4. The van der Waals surface area contributed by atoms with Gasteiger partial charge in [0.1, 0.15) is 0 Å². The number of amides is 1. The van der Waals surface area contributed by atoms with Crippen LogP contribution in [0.25, 0.3) is 0 Å². The second-order valence-electron chi connectivity index (χ2n) is 7.34. The summed E-state index contributed by atoms with van der Waals surface area (Å²) in [6.45, 7) is 2.44. The monoisotopic (exact) mass is 369 g/mol. The highest BCUT2D eigenvalue weighted by atomic mass is 16.4. The fraction of sp³-hybridized carbons (Fsp3) is 0.800. The Bertz CT molecular complexity index is 449. The summed E-state index contributed by atoms with van der Waals surface area (Å²) in [5.74, 6) is -0.589. The van der Waals surface area contributed by atoms with Crippen LogP contribution in [0.15, 0.2) is 12.2 Å². The van der Waals surface area contributed by atoms with E-state index in [1.807, 2.05) is 11.0 Å². The summed E-state index contributed by atoms with van der Waals surface area (Å²) in [6.07, 6.45) is 10.9. The van der Waals surface area contributed by atoms with Crippen LogP contribution in [-0.4, -0.2) is 56.9 Å². The van der Waals surface area contributed by atoms with Crippen LogP contribution < -0.4 is 0 Å². The number of nitrogens with zero attached hydrogens (tertiary/aromatic N) is 1. The van der Waals surface area contributed by atoms with E-state index in [-0.39, 0.29) is 24.5 Å². The van der Waals surface area contributed by atoms with Crippen molar-refractivity contribution in [3.63, 3.8) is 0 Å². The van der Waals surface area contributed by atoms with E-state index in [0.29, 0.717) is 32.2 Å². The summed E-state index contributed by atoms with van der Waals surface area (Å²) in [7, 11) is 0. The smallest absolute Gasteiger partial charge is 0.303 e. The Morgan fingerprint density at radius 1 is 1.19 bits per heavy atom. The molecule has 0 radical (unpaired) electrons. The van der Waals surface area contributed by atoms with E-state index in [2.05, 4.69) is 0 Å². The molecule has 1 aliphatic rings. The van der Waals surface area contributed by atoms with E-state index < -0.39 is 12.1 Å². The van der Waals surface area contributed by atoms with Gasteiger partial charge >= 0.3 is 5.97 Å². The molecule has 26 heavy (non-hydrogen) atoms. The molecule has 0 aromatic rings. The molecule has 1 rings (SSSR count). The van der Waals surface area contributed by atoms with Crippen molar-refractivity contribution in [1.29, 1.82) is 0 Å². The van der Waals surface area contributed by atoms with Gasteiger partial charge in [-0.1, -0.05) is 25.0 Å². The van der Waals surface area contributed by atoms with Crippen LogP contribution >= 0.6 is 0 Å². The Morgan fingerprint density at radius 2 is 1.92 bits per heavy atom. The average Bonchev–Trinajstić information content (AvgIpc) is 2.57. The molecule has 1 saturated heterocycles. The van der Waals surface area contributed by atoms with Crippen LogP contribution in [0.2, 0.25) is 0 Å². The van der Waals surface area contributed by atoms with Crippen molar-refractivity contribution in [1.82, 2.24) is 4.90 Å². The fourth-order valence-electron chi connectivity index (χ4n) is 3.32. The molecule has 6 heteroatoms. The first-order valence-electron chi connectivity index (χ1n) is 9.96. The van der Waals surface area contributed by atoms with Crippen molar-refractivity contribution in [3.05, 3.63) is 12.2 Å². The van der Waals surface area contributed by atoms with Gasteiger partial charge in [-0.3, -0.25) is 9.59 Å². The number of carbonyl (C=O) groups is 2. The Kier molecular flexibility index (Phi) is 11.2. The van der Waals surface area contributed by atoms with E-state index in [1.165, 1.54) is 0 Å². The zero-order valence-electron chi connectivity index (χ0n) is 16.0. The molecular weight excluding hydrogens is 334 g/mol. The molecule has 0 bridgehead atoms. The van der Waals surface area contributed by atoms with Gasteiger partial charge in [-0.2, -0.15) is 0 Å². The third-order valence-corrected chi connectivity index (χ3v) is 4.83. The molecule has 1 heterocycles. The quantitative estimate of drug-likeness (QED) is 0.342. The van der Waals surface area contributed by atoms with Crippen LogP contribution in [0.4, 0.5) is 0 Å². The number of unbranched alkanes of at least 4 members (excludes halogenated alkanes) is 3. The lowest BCUT2D eigenvalue weighted by molar-refractivity contribution is -0.137. The minimum Gasteiger partial charge on any atom is -0.481 e. The number of aliphatic hydroxyl groups excluding tert-OH is 2. The topological polar surface area (TPSA) is 98.1 Å². The summed E-state index contributed by atoms with van der Waals surface area (Å²) >= 11 is 0. The van der Waals surface area contributed by atoms with Crippen LogP contribution in [-0.2, 0) is 9.59 Å². The van der Waals surface area contributed by atoms with E-state index >= 15 is 0 Å². The lowest BCUT2D eigenvalue weighted by Gasteiger charge is -2.34. The standard InChI is InChI=1S/C20H35NO5/c1-16(22)8-6-10-18(23)14-13-17-9-7-11-19(24)21(17)15-5-3-2-4-12-20(25)26/h13-14,16-18,22-23H,2-12,15H2,1H3,(H,25,26)/b14-13+/t16?,17-,18?/m1/s1. The number of rotatable bonds is 13. The third kappa shape index (κ3) is 9.92. The zero-order valence-corrected chi connectivity index (χ0v) is 16.0. The molecule has 0 saturated carbocycles. The molecule has 1 aliphatic heterocycles. The highest BCUT2D eigenvalue weighted by Gasteiger charge is 2.25. The highest BCUT2D eigenvalue weighted by molar-refractivity contribution is 5.77. The largest absolute Gasteiger partial charge is 0.481 e. The molecule has 0 spiro atoms. The fourth-order valence-corrected chi connectivity index (χ4v) is 3.32. The lowest BCUT2D eigenvalue weighted by Crippen LogP contribution is -2.43. The molecule has 150 valence electrons. The molecule has 2 unspecified atom stereocenters. The van der Waals surface area contributed by atoms with Crippen LogP contribution in [0.5, 0.6) is 0 Å². The van der Waals surface area contributed by atoms with Crippen molar-refractivity contribution >= 4 is 11.9 Å². The number of aliphatic carboxylic acids is 1. The SMILES string of the molecule is CC(O)CCCC(O)/C=C/[C@H]1CCCC(=O)N1CCCCCCC(=O)O.